The standard InChI is InChI=1S/C38H41ClO6/c1-4-44-36-19-5-27(6-20-36)21-31-22-30(25-43-24-28-7-15-34(41-2)16-8-28)23-38(40,32-11-13-33(39)14-12-32)37(31)45-26-29-9-17-35(42-3)18-10-29/h5-20,23,31,37,40H,4,21-22,24-26H2,1-3H3. The van der Waals surface area contributed by atoms with E-state index in [0.29, 0.717) is 44.3 Å². The summed E-state index contributed by atoms with van der Waals surface area (Å²) in [5.41, 5.74) is 3.50. The van der Waals surface area contributed by atoms with Gasteiger partial charge < -0.3 is 28.8 Å². The van der Waals surface area contributed by atoms with E-state index in [-0.39, 0.29) is 5.92 Å². The molecule has 6 nitrogen and oxygen atoms in total. The maximum Gasteiger partial charge on any atom is 0.134 e. The first kappa shape index (κ1) is 32.6. The SMILES string of the molecule is CCOc1ccc(CC2CC(COCc3ccc(OC)cc3)=CC(O)(c3ccc(Cl)cc3)C2OCc2ccc(OC)cc2)cc1. The molecular formula is C38H41ClO6. The van der Waals surface area contributed by atoms with Gasteiger partial charge in [0.2, 0.25) is 0 Å². The van der Waals surface area contributed by atoms with E-state index >= 15 is 0 Å². The third-order valence-corrected chi connectivity index (χ3v) is 8.41. The highest BCUT2D eigenvalue weighted by atomic mass is 35.5. The molecule has 0 amide bonds. The monoisotopic (exact) mass is 628 g/mol. The molecule has 0 aliphatic heterocycles. The Bertz CT molecular complexity index is 1520. The molecule has 0 fully saturated rings. The minimum atomic E-state index is -1.41. The molecule has 0 saturated heterocycles. The average Bonchev–Trinajstić information content (AvgIpc) is 3.06. The van der Waals surface area contributed by atoms with Crippen LogP contribution in [-0.2, 0) is 34.7 Å². The van der Waals surface area contributed by atoms with Crippen LogP contribution in [0, 0.1) is 5.92 Å². The Balaban J connectivity index is 1.44. The van der Waals surface area contributed by atoms with E-state index in [4.69, 9.17) is 35.3 Å². The molecule has 1 aliphatic carbocycles. The van der Waals surface area contributed by atoms with E-state index in [1.807, 2.05) is 85.8 Å². The first-order valence-electron chi connectivity index (χ1n) is 15.3. The smallest absolute Gasteiger partial charge is 0.134 e. The highest BCUT2D eigenvalue weighted by Gasteiger charge is 2.46. The topological polar surface area (TPSA) is 66.4 Å². The van der Waals surface area contributed by atoms with Crippen molar-refractivity contribution < 1.29 is 28.8 Å². The third-order valence-electron chi connectivity index (χ3n) is 8.15. The average molecular weight is 629 g/mol. The number of ether oxygens (including phenoxy) is 5. The van der Waals surface area contributed by atoms with Crippen molar-refractivity contribution in [2.75, 3.05) is 27.4 Å². The van der Waals surface area contributed by atoms with E-state index in [1.54, 1.807) is 26.4 Å². The van der Waals surface area contributed by atoms with Gasteiger partial charge in [-0.25, -0.2) is 0 Å². The molecule has 0 saturated carbocycles. The number of benzene rings is 4. The Morgan fingerprint density at radius 1 is 0.711 bits per heavy atom. The summed E-state index contributed by atoms with van der Waals surface area (Å²) in [5.74, 6) is 2.37. The summed E-state index contributed by atoms with van der Waals surface area (Å²) in [6, 6.07) is 31.2. The second kappa shape index (κ2) is 15.5. The second-order valence-corrected chi connectivity index (χ2v) is 11.7. The molecule has 1 N–H and O–H groups in total. The van der Waals surface area contributed by atoms with Gasteiger partial charge in [-0.15, -0.1) is 0 Å². The van der Waals surface area contributed by atoms with Gasteiger partial charge in [0.1, 0.15) is 22.8 Å². The van der Waals surface area contributed by atoms with Gasteiger partial charge in [-0.2, -0.15) is 0 Å². The van der Waals surface area contributed by atoms with Gasteiger partial charge in [0, 0.05) is 5.02 Å². The molecule has 4 aromatic rings. The Morgan fingerprint density at radius 2 is 1.27 bits per heavy atom. The summed E-state index contributed by atoms with van der Waals surface area (Å²) < 4.78 is 29.2. The van der Waals surface area contributed by atoms with Crippen LogP contribution in [0.15, 0.2) is 109 Å². The van der Waals surface area contributed by atoms with Crippen LogP contribution in [-0.4, -0.2) is 38.6 Å². The van der Waals surface area contributed by atoms with Crippen LogP contribution in [0.1, 0.15) is 35.6 Å². The zero-order chi connectivity index (χ0) is 31.6. The van der Waals surface area contributed by atoms with Crippen molar-refractivity contribution in [1.82, 2.24) is 0 Å². The molecule has 4 aromatic carbocycles. The Kier molecular flexibility index (Phi) is 11.2. The summed E-state index contributed by atoms with van der Waals surface area (Å²) in [4.78, 5) is 0. The lowest BCUT2D eigenvalue weighted by molar-refractivity contribution is -0.127. The number of rotatable bonds is 14. The van der Waals surface area contributed by atoms with Gasteiger partial charge in [-0.3, -0.25) is 0 Å². The maximum absolute atomic E-state index is 12.6. The van der Waals surface area contributed by atoms with Crippen LogP contribution >= 0.6 is 11.6 Å². The molecule has 45 heavy (non-hydrogen) atoms. The van der Waals surface area contributed by atoms with Gasteiger partial charge in [-0.1, -0.05) is 60.1 Å². The van der Waals surface area contributed by atoms with Crippen LogP contribution in [0.2, 0.25) is 5.02 Å². The van der Waals surface area contributed by atoms with E-state index in [9.17, 15) is 5.11 Å². The zero-order valence-corrected chi connectivity index (χ0v) is 26.8. The van der Waals surface area contributed by atoms with Crippen molar-refractivity contribution >= 4 is 11.6 Å². The Hall–Kier alpha value is -3.81. The highest BCUT2D eigenvalue weighted by Crippen LogP contribution is 2.43. The molecule has 1 aliphatic rings. The van der Waals surface area contributed by atoms with Gasteiger partial charge in [0.15, 0.2) is 0 Å². The van der Waals surface area contributed by atoms with Crippen molar-refractivity contribution in [2.45, 2.75) is 44.7 Å². The minimum absolute atomic E-state index is 0.0496. The summed E-state index contributed by atoms with van der Waals surface area (Å²) in [7, 11) is 3.30. The summed E-state index contributed by atoms with van der Waals surface area (Å²) >= 11 is 6.27. The molecule has 236 valence electrons. The molecule has 0 heterocycles. The summed E-state index contributed by atoms with van der Waals surface area (Å²) in [5, 5.41) is 13.2. The van der Waals surface area contributed by atoms with Crippen molar-refractivity contribution in [3.63, 3.8) is 0 Å². The van der Waals surface area contributed by atoms with Gasteiger partial charge >= 0.3 is 0 Å². The lowest BCUT2D eigenvalue weighted by atomic mass is 9.71. The van der Waals surface area contributed by atoms with E-state index in [1.165, 1.54) is 0 Å². The second-order valence-electron chi connectivity index (χ2n) is 11.3. The number of aliphatic hydroxyl groups is 1. The number of halogens is 1. The number of hydrogen-bond donors (Lipinski definition) is 1. The fourth-order valence-corrected chi connectivity index (χ4v) is 6.01. The summed E-state index contributed by atoms with van der Waals surface area (Å²) in [6.07, 6.45) is 2.79. The fraction of sp³-hybridized carbons (Fsp3) is 0.316. The first-order chi connectivity index (χ1) is 21.9. The largest absolute Gasteiger partial charge is 0.497 e. The quantitative estimate of drug-likeness (QED) is 0.143. The maximum atomic E-state index is 12.6. The van der Waals surface area contributed by atoms with Crippen LogP contribution in [0.25, 0.3) is 0 Å². The normalized spacial score (nSPS) is 19.5. The zero-order valence-electron chi connectivity index (χ0n) is 26.1. The van der Waals surface area contributed by atoms with Crippen LogP contribution in [0.3, 0.4) is 0 Å². The lowest BCUT2D eigenvalue weighted by Gasteiger charge is -2.43. The predicted octanol–water partition coefficient (Wildman–Crippen LogP) is 7.93. The predicted molar refractivity (Wildman–Crippen MR) is 177 cm³/mol. The molecule has 0 bridgehead atoms. The highest BCUT2D eigenvalue weighted by molar-refractivity contribution is 6.30. The number of methoxy groups -OCH3 is 2. The van der Waals surface area contributed by atoms with Gasteiger partial charge in [0.25, 0.3) is 0 Å². The van der Waals surface area contributed by atoms with Gasteiger partial charge in [-0.05, 0) is 108 Å². The first-order valence-corrected chi connectivity index (χ1v) is 15.6. The Labute approximate surface area is 271 Å². The molecule has 3 unspecified atom stereocenters. The van der Waals surface area contributed by atoms with E-state index in [2.05, 4.69) is 12.1 Å². The van der Waals surface area contributed by atoms with Crippen molar-refractivity contribution in [3.8, 4) is 17.2 Å². The van der Waals surface area contributed by atoms with Crippen LogP contribution < -0.4 is 14.2 Å². The fourth-order valence-electron chi connectivity index (χ4n) is 5.88. The summed E-state index contributed by atoms with van der Waals surface area (Å²) in [6.45, 7) is 3.75. The van der Waals surface area contributed by atoms with Crippen LogP contribution in [0.4, 0.5) is 0 Å². The molecular weight excluding hydrogens is 588 g/mol. The lowest BCUT2D eigenvalue weighted by Crippen LogP contribution is -2.48. The molecule has 0 aromatic heterocycles. The van der Waals surface area contributed by atoms with Crippen LogP contribution in [0.5, 0.6) is 17.2 Å². The van der Waals surface area contributed by atoms with Crippen molar-refractivity contribution in [3.05, 3.63) is 136 Å². The molecule has 3 atom stereocenters. The minimum Gasteiger partial charge on any atom is -0.497 e. The molecule has 0 radical (unpaired) electrons. The van der Waals surface area contributed by atoms with Crippen molar-refractivity contribution in [1.29, 1.82) is 0 Å². The molecule has 7 heteroatoms. The van der Waals surface area contributed by atoms with Gasteiger partial charge in [0.05, 0.1) is 46.8 Å². The van der Waals surface area contributed by atoms with E-state index < -0.39 is 11.7 Å². The van der Waals surface area contributed by atoms with Crippen molar-refractivity contribution in [2.24, 2.45) is 5.92 Å². The molecule has 0 spiro atoms. The third kappa shape index (κ3) is 8.47. The molecule has 5 rings (SSSR count). The Morgan fingerprint density at radius 3 is 1.84 bits per heavy atom. The number of hydrogen-bond acceptors (Lipinski definition) is 6. The van der Waals surface area contributed by atoms with E-state index in [0.717, 1.165) is 45.1 Å².